The van der Waals surface area contributed by atoms with Gasteiger partial charge in [0.05, 0.1) is 6.04 Å². The van der Waals surface area contributed by atoms with Crippen molar-refractivity contribution < 1.29 is 9.90 Å². The molecule has 0 aliphatic rings. The molecule has 0 fully saturated rings. The zero-order chi connectivity index (χ0) is 12.7. The summed E-state index contributed by atoms with van der Waals surface area (Å²) in [6, 6.07) is 7.92. The molecule has 0 bridgehead atoms. The predicted molar refractivity (Wildman–Crippen MR) is 71.6 cm³/mol. The number of aliphatic hydroxyl groups is 1. The van der Waals surface area contributed by atoms with Crippen molar-refractivity contribution >= 4 is 21.8 Å². The second-order valence-electron chi connectivity index (χ2n) is 4.02. The summed E-state index contributed by atoms with van der Waals surface area (Å²) in [4.78, 5) is 11.6. The normalized spacial score (nSPS) is 12.2. The van der Waals surface area contributed by atoms with Crippen LogP contribution >= 0.6 is 15.9 Å². The van der Waals surface area contributed by atoms with Gasteiger partial charge in [0.15, 0.2) is 0 Å². The van der Waals surface area contributed by atoms with Crippen LogP contribution in [0.25, 0.3) is 0 Å². The lowest BCUT2D eigenvalue weighted by molar-refractivity contribution is -0.121. The van der Waals surface area contributed by atoms with E-state index in [0.29, 0.717) is 12.8 Å². The number of carbonyl (C=O) groups is 1. The van der Waals surface area contributed by atoms with Gasteiger partial charge in [-0.15, -0.1) is 0 Å². The zero-order valence-electron chi connectivity index (χ0n) is 9.95. The molecule has 17 heavy (non-hydrogen) atoms. The van der Waals surface area contributed by atoms with Crippen LogP contribution in [0.5, 0.6) is 0 Å². The molecule has 1 aromatic carbocycles. The number of halogens is 1. The molecule has 0 radical (unpaired) electrons. The summed E-state index contributed by atoms with van der Waals surface area (Å²) in [7, 11) is 0. The van der Waals surface area contributed by atoms with Crippen LogP contribution in [0.1, 0.15) is 37.8 Å². The van der Waals surface area contributed by atoms with Crippen LogP contribution in [-0.4, -0.2) is 17.6 Å². The van der Waals surface area contributed by atoms with E-state index in [-0.39, 0.29) is 18.6 Å². The summed E-state index contributed by atoms with van der Waals surface area (Å²) in [5.41, 5.74) is 1.09. The fourth-order valence-corrected chi connectivity index (χ4v) is 1.81. The van der Waals surface area contributed by atoms with Gasteiger partial charge in [-0.3, -0.25) is 4.79 Å². The average molecular weight is 300 g/mol. The van der Waals surface area contributed by atoms with E-state index in [1.54, 1.807) is 0 Å². The lowest BCUT2D eigenvalue weighted by Gasteiger charge is -2.14. The lowest BCUT2D eigenvalue weighted by Crippen LogP contribution is -2.26. The number of carbonyl (C=O) groups excluding carboxylic acids is 1. The molecule has 1 amide bonds. The Kier molecular flexibility index (Phi) is 6.22. The summed E-state index contributed by atoms with van der Waals surface area (Å²) < 4.78 is 1.03. The van der Waals surface area contributed by atoms with Crippen LogP contribution in [-0.2, 0) is 4.79 Å². The number of benzene rings is 1. The molecule has 4 heteroatoms. The Morgan fingerprint density at radius 1 is 1.35 bits per heavy atom. The number of amides is 1. The molecule has 3 nitrogen and oxygen atoms in total. The number of rotatable bonds is 6. The predicted octanol–water partition coefficient (Wildman–Crippen LogP) is 2.79. The number of hydrogen-bond donors (Lipinski definition) is 2. The summed E-state index contributed by atoms with van der Waals surface area (Å²) in [6.07, 6.45) is 1.89. The number of aliphatic hydroxyl groups excluding tert-OH is 1. The van der Waals surface area contributed by atoms with Gasteiger partial charge in [0, 0.05) is 17.5 Å². The Morgan fingerprint density at radius 3 is 2.59 bits per heavy atom. The SMILES string of the molecule is C[C@@H](NC(=O)CCCCO)c1ccc(Br)cc1. The van der Waals surface area contributed by atoms with Crippen molar-refractivity contribution in [2.45, 2.75) is 32.2 Å². The summed E-state index contributed by atoms with van der Waals surface area (Å²) in [5, 5.41) is 11.6. The maximum Gasteiger partial charge on any atom is 0.220 e. The Hall–Kier alpha value is -0.870. The van der Waals surface area contributed by atoms with E-state index in [4.69, 9.17) is 5.11 Å². The number of unbranched alkanes of at least 4 members (excludes halogenated alkanes) is 1. The molecule has 2 N–H and O–H groups in total. The summed E-state index contributed by atoms with van der Waals surface area (Å²) in [6.45, 7) is 2.11. The van der Waals surface area contributed by atoms with E-state index in [1.807, 2.05) is 31.2 Å². The Morgan fingerprint density at radius 2 is 2.00 bits per heavy atom. The van der Waals surface area contributed by atoms with Crippen molar-refractivity contribution in [2.24, 2.45) is 0 Å². The third-order valence-electron chi connectivity index (χ3n) is 2.56. The molecule has 0 heterocycles. The van der Waals surface area contributed by atoms with Gasteiger partial charge in [0.25, 0.3) is 0 Å². The molecule has 0 aliphatic carbocycles. The fourth-order valence-electron chi connectivity index (χ4n) is 1.55. The van der Waals surface area contributed by atoms with Crippen LogP contribution in [0.15, 0.2) is 28.7 Å². The van der Waals surface area contributed by atoms with Crippen LogP contribution in [0.3, 0.4) is 0 Å². The van der Waals surface area contributed by atoms with Gasteiger partial charge in [0.1, 0.15) is 0 Å². The van der Waals surface area contributed by atoms with Gasteiger partial charge in [-0.2, -0.15) is 0 Å². The zero-order valence-corrected chi connectivity index (χ0v) is 11.5. The highest BCUT2D eigenvalue weighted by Gasteiger charge is 2.08. The maximum absolute atomic E-state index is 11.6. The Balaban J connectivity index is 2.40. The molecule has 0 unspecified atom stereocenters. The van der Waals surface area contributed by atoms with Crippen molar-refractivity contribution in [2.75, 3.05) is 6.61 Å². The molecule has 0 spiro atoms. The van der Waals surface area contributed by atoms with Crippen molar-refractivity contribution in [1.82, 2.24) is 5.32 Å². The second kappa shape index (κ2) is 7.45. The van der Waals surface area contributed by atoms with Gasteiger partial charge >= 0.3 is 0 Å². The van der Waals surface area contributed by atoms with Gasteiger partial charge in [-0.05, 0) is 37.5 Å². The average Bonchev–Trinajstić information content (AvgIpc) is 2.30. The third kappa shape index (κ3) is 5.33. The standard InChI is InChI=1S/C13H18BrNO2/c1-10(11-5-7-12(14)8-6-11)15-13(17)4-2-3-9-16/h5-8,10,16H,2-4,9H2,1H3,(H,15,17)/t10-/m1/s1. The highest BCUT2D eigenvalue weighted by molar-refractivity contribution is 9.10. The van der Waals surface area contributed by atoms with Crippen LogP contribution in [0.2, 0.25) is 0 Å². The Labute approximate surface area is 110 Å². The minimum absolute atomic E-state index is 0.0183. The molecule has 94 valence electrons. The molecular formula is C13H18BrNO2. The van der Waals surface area contributed by atoms with Crippen LogP contribution in [0.4, 0.5) is 0 Å². The van der Waals surface area contributed by atoms with E-state index in [1.165, 1.54) is 0 Å². The molecule has 0 saturated heterocycles. The lowest BCUT2D eigenvalue weighted by atomic mass is 10.1. The summed E-state index contributed by atoms with van der Waals surface area (Å²) in [5.74, 6) is 0.0360. The second-order valence-corrected chi connectivity index (χ2v) is 4.94. The number of nitrogens with one attached hydrogen (secondary N) is 1. The van der Waals surface area contributed by atoms with Crippen molar-refractivity contribution in [3.05, 3.63) is 34.3 Å². The largest absolute Gasteiger partial charge is 0.396 e. The van der Waals surface area contributed by atoms with Crippen molar-refractivity contribution in [1.29, 1.82) is 0 Å². The smallest absolute Gasteiger partial charge is 0.220 e. The number of hydrogen-bond acceptors (Lipinski definition) is 2. The highest BCUT2D eigenvalue weighted by atomic mass is 79.9. The molecule has 1 atom stereocenters. The molecule has 1 rings (SSSR count). The molecule has 0 aromatic heterocycles. The van der Waals surface area contributed by atoms with E-state index in [0.717, 1.165) is 16.5 Å². The Bertz CT molecular complexity index is 351. The van der Waals surface area contributed by atoms with Gasteiger partial charge < -0.3 is 10.4 Å². The monoisotopic (exact) mass is 299 g/mol. The highest BCUT2D eigenvalue weighted by Crippen LogP contribution is 2.16. The quantitative estimate of drug-likeness (QED) is 0.794. The first-order valence-corrected chi connectivity index (χ1v) is 6.58. The first-order valence-electron chi connectivity index (χ1n) is 5.79. The first-order chi connectivity index (χ1) is 8.13. The van der Waals surface area contributed by atoms with Crippen LogP contribution in [0, 0.1) is 0 Å². The van der Waals surface area contributed by atoms with E-state index in [2.05, 4.69) is 21.2 Å². The van der Waals surface area contributed by atoms with E-state index >= 15 is 0 Å². The topological polar surface area (TPSA) is 49.3 Å². The molecular weight excluding hydrogens is 282 g/mol. The first kappa shape index (κ1) is 14.2. The van der Waals surface area contributed by atoms with E-state index in [9.17, 15) is 4.79 Å². The van der Waals surface area contributed by atoms with Gasteiger partial charge in [0.2, 0.25) is 5.91 Å². The van der Waals surface area contributed by atoms with Gasteiger partial charge in [-0.1, -0.05) is 28.1 Å². The van der Waals surface area contributed by atoms with Crippen molar-refractivity contribution in [3.63, 3.8) is 0 Å². The molecule has 0 aliphatic heterocycles. The molecule has 0 saturated carbocycles. The minimum Gasteiger partial charge on any atom is -0.396 e. The maximum atomic E-state index is 11.6. The third-order valence-corrected chi connectivity index (χ3v) is 3.09. The summed E-state index contributed by atoms with van der Waals surface area (Å²) >= 11 is 3.38. The molecule has 1 aromatic rings. The minimum atomic E-state index is 0.0183. The van der Waals surface area contributed by atoms with Gasteiger partial charge in [-0.25, -0.2) is 0 Å². The fraction of sp³-hybridized carbons (Fsp3) is 0.462. The van der Waals surface area contributed by atoms with Crippen molar-refractivity contribution in [3.8, 4) is 0 Å². The van der Waals surface area contributed by atoms with E-state index < -0.39 is 0 Å². The van der Waals surface area contributed by atoms with Crippen LogP contribution < -0.4 is 5.32 Å².